The SMILES string of the molecule is CC(N)Cc1cccnc1N1CCCN(C)CC1C. The molecule has 0 aliphatic carbocycles. The second-order valence-electron chi connectivity index (χ2n) is 5.83. The fourth-order valence-electron chi connectivity index (χ4n) is 2.88. The highest BCUT2D eigenvalue weighted by atomic mass is 15.3. The number of nitrogens with zero attached hydrogens (tertiary/aromatic N) is 3. The van der Waals surface area contributed by atoms with E-state index in [0.717, 1.165) is 31.9 Å². The molecule has 2 atom stereocenters. The largest absolute Gasteiger partial charge is 0.352 e. The van der Waals surface area contributed by atoms with E-state index in [1.807, 2.05) is 12.3 Å². The first-order chi connectivity index (χ1) is 9.08. The fraction of sp³-hybridized carbons (Fsp3) is 0.667. The van der Waals surface area contributed by atoms with E-state index in [2.05, 4.69) is 41.7 Å². The highest BCUT2D eigenvalue weighted by molar-refractivity contribution is 5.48. The monoisotopic (exact) mass is 262 g/mol. The van der Waals surface area contributed by atoms with E-state index < -0.39 is 0 Å². The molecule has 2 heterocycles. The van der Waals surface area contributed by atoms with Gasteiger partial charge in [-0.15, -0.1) is 0 Å². The Kier molecular flexibility index (Phi) is 4.77. The first-order valence-corrected chi connectivity index (χ1v) is 7.22. The topological polar surface area (TPSA) is 45.4 Å². The Hall–Kier alpha value is -1.13. The third kappa shape index (κ3) is 3.67. The number of aromatic nitrogens is 1. The lowest BCUT2D eigenvalue weighted by atomic mass is 10.1. The van der Waals surface area contributed by atoms with Crippen LogP contribution in [0.5, 0.6) is 0 Å². The van der Waals surface area contributed by atoms with Crippen molar-refractivity contribution >= 4 is 5.82 Å². The normalized spacial score (nSPS) is 23.2. The summed E-state index contributed by atoms with van der Waals surface area (Å²) in [7, 11) is 2.20. The van der Waals surface area contributed by atoms with Crippen molar-refractivity contribution in [2.75, 3.05) is 31.6 Å². The van der Waals surface area contributed by atoms with Gasteiger partial charge in [-0.05, 0) is 51.9 Å². The molecule has 0 amide bonds. The standard InChI is InChI=1S/C15H26N4/c1-12(16)10-14-6-4-7-17-15(14)19-9-5-8-18(3)11-13(19)2/h4,6-7,12-13H,5,8-11,16H2,1-3H3. The van der Waals surface area contributed by atoms with Crippen LogP contribution in [0.25, 0.3) is 0 Å². The quantitative estimate of drug-likeness (QED) is 0.897. The van der Waals surface area contributed by atoms with E-state index in [1.165, 1.54) is 12.0 Å². The van der Waals surface area contributed by atoms with Gasteiger partial charge in [0, 0.05) is 31.4 Å². The average Bonchev–Trinajstić information content (AvgIpc) is 2.50. The minimum absolute atomic E-state index is 0.174. The van der Waals surface area contributed by atoms with Crippen LogP contribution in [0.3, 0.4) is 0 Å². The first-order valence-electron chi connectivity index (χ1n) is 7.22. The second-order valence-corrected chi connectivity index (χ2v) is 5.83. The number of pyridine rings is 1. The van der Waals surface area contributed by atoms with Crippen molar-refractivity contribution < 1.29 is 0 Å². The maximum Gasteiger partial charge on any atom is 0.132 e. The molecule has 1 aromatic rings. The van der Waals surface area contributed by atoms with Gasteiger partial charge in [0.25, 0.3) is 0 Å². The van der Waals surface area contributed by atoms with Crippen LogP contribution in [0.2, 0.25) is 0 Å². The molecular formula is C15H26N4. The van der Waals surface area contributed by atoms with Crippen molar-refractivity contribution in [3.05, 3.63) is 23.9 Å². The summed E-state index contributed by atoms with van der Waals surface area (Å²) in [5, 5.41) is 0. The zero-order chi connectivity index (χ0) is 13.8. The Morgan fingerprint density at radius 3 is 3.00 bits per heavy atom. The molecule has 1 aliphatic heterocycles. The van der Waals surface area contributed by atoms with Gasteiger partial charge in [0.05, 0.1) is 0 Å². The molecule has 4 nitrogen and oxygen atoms in total. The molecular weight excluding hydrogens is 236 g/mol. The third-order valence-corrected chi connectivity index (χ3v) is 3.73. The van der Waals surface area contributed by atoms with E-state index >= 15 is 0 Å². The second kappa shape index (κ2) is 6.35. The first kappa shape index (κ1) is 14.3. The summed E-state index contributed by atoms with van der Waals surface area (Å²) >= 11 is 0. The Balaban J connectivity index is 2.24. The third-order valence-electron chi connectivity index (χ3n) is 3.73. The minimum atomic E-state index is 0.174. The van der Waals surface area contributed by atoms with E-state index in [4.69, 9.17) is 5.73 Å². The van der Waals surface area contributed by atoms with Crippen molar-refractivity contribution in [1.29, 1.82) is 0 Å². The summed E-state index contributed by atoms with van der Waals surface area (Å²) in [5.74, 6) is 1.13. The average molecular weight is 262 g/mol. The zero-order valence-electron chi connectivity index (χ0n) is 12.3. The molecule has 0 aromatic carbocycles. The van der Waals surface area contributed by atoms with Gasteiger partial charge in [-0.2, -0.15) is 0 Å². The predicted octanol–water partition coefficient (Wildman–Crippen LogP) is 1.50. The van der Waals surface area contributed by atoms with Gasteiger partial charge >= 0.3 is 0 Å². The number of hydrogen-bond donors (Lipinski definition) is 1. The van der Waals surface area contributed by atoms with Gasteiger partial charge in [0.15, 0.2) is 0 Å². The maximum absolute atomic E-state index is 5.96. The predicted molar refractivity (Wildman–Crippen MR) is 80.5 cm³/mol. The van der Waals surface area contributed by atoms with Gasteiger partial charge < -0.3 is 15.5 Å². The lowest BCUT2D eigenvalue weighted by Gasteiger charge is -2.31. The van der Waals surface area contributed by atoms with Crippen molar-refractivity contribution in [2.24, 2.45) is 5.73 Å². The fourth-order valence-corrected chi connectivity index (χ4v) is 2.88. The molecule has 0 bridgehead atoms. The van der Waals surface area contributed by atoms with Crippen LogP contribution >= 0.6 is 0 Å². The molecule has 1 aromatic heterocycles. The molecule has 2 N–H and O–H groups in total. The van der Waals surface area contributed by atoms with Gasteiger partial charge in [0.2, 0.25) is 0 Å². The minimum Gasteiger partial charge on any atom is -0.352 e. The van der Waals surface area contributed by atoms with Crippen LogP contribution in [0, 0.1) is 0 Å². The Bertz CT molecular complexity index is 405. The molecule has 0 radical (unpaired) electrons. The zero-order valence-corrected chi connectivity index (χ0v) is 12.3. The number of anilines is 1. The molecule has 2 rings (SSSR count). The van der Waals surface area contributed by atoms with E-state index in [9.17, 15) is 0 Å². The van der Waals surface area contributed by atoms with Gasteiger partial charge in [0.1, 0.15) is 5.82 Å². The van der Waals surface area contributed by atoms with E-state index in [-0.39, 0.29) is 6.04 Å². The Labute approximate surface area is 116 Å². The highest BCUT2D eigenvalue weighted by Crippen LogP contribution is 2.23. The smallest absolute Gasteiger partial charge is 0.132 e. The molecule has 0 saturated carbocycles. The van der Waals surface area contributed by atoms with Gasteiger partial charge in [-0.25, -0.2) is 4.98 Å². The summed E-state index contributed by atoms with van der Waals surface area (Å²) in [6.45, 7) is 7.67. The molecule has 106 valence electrons. The van der Waals surface area contributed by atoms with Crippen molar-refractivity contribution in [3.8, 4) is 0 Å². The van der Waals surface area contributed by atoms with Crippen LogP contribution in [-0.2, 0) is 6.42 Å². The summed E-state index contributed by atoms with van der Waals surface area (Å²) < 4.78 is 0. The van der Waals surface area contributed by atoms with Crippen molar-refractivity contribution in [2.45, 2.75) is 38.8 Å². The number of hydrogen-bond acceptors (Lipinski definition) is 4. The lowest BCUT2D eigenvalue weighted by Crippen LogP contribution is -2.39. The van der Waals surface area contributed by atoms with Crippen LogP contribution in [0.15, 0.2) is 18.3 Å². The maximum atomic E-state index is 5.96. The summed E-state index contributed by atoms with van der Waals surface area (Å²) in [6, 6.07) is 4.84. The summed E-state index contributed by atoms with van der Waals surface area (Å²) in [6.07, 6.45) is 3.97. The van der Waals surface area contributed by atoms with Crippen molar-refractivity contribution in [1.82, 2.24) is 9.88 Å². The molecule has 1 fully saturated rings. The molecule has 2 unspecified atom stereocenters. The molecule has 0 spiro atoms. The lowest BCUT2D eigenvalue weighted by molar-refractivity contribution is 0.337. The molecule has 1 aliphatic rings. The van der Waals surface area contributed by atoms with Gasteiger partial charge in [-0.1, -0.05) is 6.07 Å². The van der Waals surface area contributed by atoms with E-state index in [0.29, 0.717) is 6.04 Å². The van der Waals surface area contributed by atoms with Crippen LogP contribution in [0.1, 0.15) is 25.8 Å². The van der Waals surface area contributed by atoms with E-state index in [1.54, 1.807) is 0 Å². The number of likely N-dealkylation sites (N-methyl/N-ethyl adjacent to an activating group) is 1. The Morgan fingerprint density at radius 1 is 1.47 bits per heavy atom. The van der Waals surface area contributed by atoms with Crippen LogP contribution in [0.4, 0.5) is 5.82 Å². The molecule has 1 saturated heterocycles. The van der Waals surface area contributed by atoms with Gasteiger partial charge in [-0.3, -0.25) is 0 Å². The molecule has 4 heteroatoms. The van der Waals surface area contributed by atoms with Crippen LogP contribution in [-0.4, -0.2) is 48.6 Å². The summed E-state index contributed by atoms with van der Waals surface area (Å²) in [4.78, 5) is 9.47. The summed E-state index contributed by atoms with van der Waals surface area (Å²) in [5.41, 5.74) is 7.23. The van der Waals surface area contributed by atoms with Crippen LogP contribution < -0.4 is 10.6 Å². The Morgan fingerprint density at radius 2 is 2.26 bits per heavy atom. The van der Waals surface area contributed by atoms with Crippen molar-refractivity contribution in [3.63, 3.8) is 0 Å². The molecule has 19 heavy (non-hydrogen) atoms. The number of nitrogens with two attached hydrogens (primary N) is 1. The number of rotatable bonds is 3. The highest BCUT2D eigenvalue weighted by Gasteiger charge is 2.22.